The number of hydrogen-bond acceptors (Lipinski definition) is 3. The van der Waals surface area contributed by atoms with Crippen LogP contribution in [0.2, 0.25) is 5.02 Å². The molecule has 3 nitrogen and oxygen atoms in total. The van der Waals surface area contributed by atoms with E-state index in [9.17, 15) is 0 Å². The summed E-state index contributed by atoms with van der Waals surface area (Å²) in [6.07, 6.45) is 0. The van der Waals surface area contributed by atoms with Gasteiger partial charge >= 0.3 is 0 Å². The van der Waals surface area contributed by atoms with Crippen molar-refractivity contribution in [1.29, 1.82) is 0 Å². The van der Waals surface area contributed by atoms with Crippen molar-refractivity contribution in [2.75, 3.05) is 39.5 Å². The average Bonchev–Trinajstić information content (AvgIpc) is 2.34. The van der Waals surface area contributed by atoms with Crippen molar-refractivity contribution in [2.24, 2.45) is 0 Å². The first-order valence-corrected chi connectivity index (χ1v) is 6.74. The Morgan fingerprint density at radius 2 is 1.83 bits per heavy atom. The molecule has 100 valence electrons. The first-order chi connectivity index (χ1) is 8.66. The van der Waals surface area contributed by atoms with Gasteiger partial charge in [0.05, 0.1) is 13.2 Å². The summed E-state index contributed by atoms with van der Waals surface area (Å²) < 4.78 is 11.2. The number of ether oxygens (including phenoxy) is 2. The van der Waals surface area contributed by atoms with Gasteiger partial charge in [0.15, 0.2) is 0 Å². The van der Waals surface area contributed by atoms with E-state index in [1.807, 2.05) is 26.0 Å². The highest BCUT2D eigenvalue weighted by atomic mass is 35.5. The van der Waals surface area contributed by atoms with Crippen LogP contribution in [0.25, 0.3) is 0 Å². The molecule has 4 heteroatoms. The minimum absolute atomic E-state index is 0.712. The largest absolute Gasteiger partial charge is 0.492 e. The maximum absolute atomic E-state index is 6.00. The molecular weight excluding hydrogens is 250 g/mol. The zero-order chi connectivity index (χ0) is 13.0. The topological polar surface area (TPSA) is 21.7 Å². The first-order valence-electron chi connectivity index (χ1n) is 6.36. The molecule has 18 heavy (non-hydrogen) atoms. The Morgan fingerprint density at radius 1 is 1.22 bits per heavy atom. The van der Waals surface area contributed by atoms with Crippen LogP contribution in [-0.4, -0.2) is 44.4 Å². The van der Waals surface area contributed by atoms with Crippen LogP contribution in [0.5, 0.6) is 5.75 Å². The second-order valence-electron chi connectivity index (χ2n) is 4.67. The molecule has 1 aliphatic rings. The second-order valence-corrected chi connectivity index (χ2v) is 5.11. The molecule has 2 rings (SSSR count). The fourth-order valence-electron chi connectivity index (χ4n) is 2.23. The van der Waals surface area contributed by atoms with Crippen LogP contribution < -0.4 is 4.74 Å². The standard InChI is InChI=1S/C14H20ClNO2/c1-11-9-13(15)10-12(2)14(11)18-8-5-16-3-6-17-7-4-16/h9-10H,3-8H2,1-2H3. The SMILES string of the molecule is Cc1cc(Cl)cc(C)c1OCCN1CCOCC1. The van der Waals surface area contributed by atoms with Crippen molar-refractivity contribution in [3.8, 4) is 5.75 Å². The van der Waals surface area contributed by atoms with E-state index in [4.69, 9.17) is 21.1 Å². The van der Waals surface area contributed by atoms with Crippen LogP contribution in [0.4, 0.5) is 0 Å². The van der Waals surface area contributed by atoms with Gasteiger partial charge in [-0.3, -0.25) is 4.90 Å². The van der Waals surface area contributed by atoms with Crippen molar-refractivity contribution >= 4 is 11.6 Å². The van der Waals surface area contributed by atoms with Gasteiger partial charge in [0.2, 0.25) is 0 Å². The zero-order valence-electron chi connectivity index (χ0n) is 11.0. The smallest absolute Gasteiger partial charge is 0.125 e. The summed E-state index contributed by atoms with van der Waals surface area (Å²) >= 11 is 6.00. The van der Waals surface area contributed by atoms with Crippen molar-refractivity contribution < 1.29 is 9.47 Å². The monoisotopic (exact) mass is 269 g/mol. The third-order valence-corrected chi connectivity index (χ3v) is 3.40. The normalized spacial score (nSPS) is 16.8. The summed E-state index contributed by atoms with van der Waals surface area (Å²) in [6.45, 7) is 9.39. The number of aryl methyl sites for hydroxylation is 2. The molecule has 0 aliphatic carbocycles. The molecule has 0 spiro atoms. The number of benzene rings is 1. The molecule has 1 aromatic carbocycles. The molecule has 1 saturated heterocycles. The van der Waals surface area contributed by atoms with Gasteiger partial charge in [0, 0.05) is 24.7 Å². The highest BCUT2D eigenvalue weighted by Crippen LogP contribution is 2.26. The molecule has 0 unspecified atom stereocenters. The lowest BCUT2D eigenvalue weighted by atomic mass is 10.1. The van der Waals surface area contributed by atoms with Crippen LogP contribution in [0, 0.1) is 13.8 Å². The minimum atomic E-state index is 0.712. The van der Waals surface area contributed by atoms with E-state index >= 15 is 0 Å². The molecule has 0 aromatic heterocycles. The Labute approximate surface area is 114 Å². The molecule has 0 atom stereocenters. The molecule has 0 amide bonds. The molecule has 0 saturated carbocycles. The third-order valence-electron chi connectivity index (χ3n) is 3.18. The summed E-state index contributed by atoms with van der Waals surface area (Å²) in [5.41, 5.74) is 2.20. The Morgan fingerprint density at radius 3 is 2.44 bits per heavy atom. The van der Waals surface area contributed by atoms with Gasteiger partial charge in [-0.1, -0.05) is 11.6 Å². The number of hydrogen-bond donors (Lipinski definition) is 0. The Hall–Kier alpha value is -0.770. The van der Waals surface area contributed by atoms with E-state index in [2.05, 4.69) is 4.90 Å². The third kappa shape index (κ3) is 3.61. The van der Waals surface area contributed by atoms with Crippen LogP contribution in [0.15, 0.2) is 12.1 Å². The van der Waals surface area contributed by atoms with E-state index in [1.165, 1.54) is 0 Å². The number of nitrogens with zero attached hydrogens (tertiary/aromatic N) is 1. The van der Waals surface area contributed by atoms with Crippen LogP contribution in [-0.2, 0) is 4.74 Å². The molecule has 1 heterocycles. The summed E-state index contributed by atoms with van der Waals surface area (Å²) in [4.78, 5) is 2.37. The molecule has 0 N–H and O–H groups in total. The summed E-state index contributed by atoms with van der Waals surface area (Å²) in [7, 11) is 0. The summed E-state index contributed by atoms with van der Waals surface area (Å²) in [5.74, 6) is 0.965. The number of morpholine rings is 1. The number of rotatable bonds is 4. The Balaban J connectivity index is 1.86. The molecule has 1 fully saturated rings. The molecular formula is C14H20ClNO2. The van der Waals surface area contributed by atoms with Gasteiger partial charge in [0.25, 0.3) is 0 Å². The fraction of sp³-hybridized carbons (Fsp3) is 0.571. The van der Waals surface area contributed by atoms with Crippen LogP contribution in [0.3, 0.4) is 0 Å². The lowest BCUT2D eigenvalue weighted by Crippen LogP contribution is -2.38. The van der Waals surface area contributed by atoms with E-state index < -0.39 is 0 Å². The van der Waals surface area contributed by atoms with Crippen LogP contribution in [0.1, 0.15) is 11.1 Å². The van der Waals surface area contributed by atoms with Crippen molar-refractivity contribution in [2.45, 2.75) is 13.8 Å². The van der Waals surface area contributed by atoms with Crippen molar-refractivity contribution in [3.05, 3.63) is 28.3 Å². The first kappa shape index (κ1) is 13.7. The predicted molar refractivity (Wildman–Crippen MR) is 73.7 cm³/mol. The zero-order valence-corrected chi connectivity index (χ0v) is 11.8. The van der Waals surface area contributed by atoms with Crippen molar-refractivity contribution in [1.82, 2.24) is 4.90 Å². The van der Waals surface area contributed by atoms with Gasteiger partial charge in [-0.2, -0.15) is 0 Å². The van der Waals surface area contributed by atoms with Gasteiger partial charge in [-0.15, -0.1) is 0 Å². The average molecular weight is 270 g/mol. The van der Waals surface area contributed by atoms with Gasteiger partial charge < -0.3 is 9.47 Å². The maximum atomic E-state index is 6.00. The Kier molecular flexibility index (Phi) is 4.87. The minimum Gasteiger partial charge on any atom is -0.492 e. The van der Waals surface area contributed by atoms with E-state index in [0.717, 1.165) is 54.7 Å². The fourth-order valence-corrected chi connectivity index (χ4v) is 2.55. The van der Waals surface area contributed by atoms with Gasteiger partial charge in [-0.05, 0) is 37.1 Å². The molecule has 1 aliphatic heterocycles. The number of halogens is 1. The summed E-state index contributed by atoms with van der Waals surface area (Å²) in [6, 6.07) is 3.89. The van der Waals surface area contributed by atoms with E-state index in [-0.39, 0.29) is 0 Å². The molecule has 0 bridgehead atoms. The highest BCUT2D eigenvalue weighted by Gasteiger charge is 2.11. The lowest BCUT2D eigenvalue weighted by Gasteiger charge is -2.26. The molecule has 0 radical (unpaired) electrons. The van der Waals surface area contributed by atoms with E-state index in [1.54, 1.807) is 0 Å². The predicted octanol–water partition coefficient (Wildman–Crippen LogP) is 2.67. The second kappa shape index (κ2) is 6.41. The van der Waals surface area contributed by atoms with Gasteiger partial charge in [0.1, 0.15) is 12.4 Å². The quantitative estimate of drug-likeness (QED) is 0.839. The molecule has 1 aromatic rings. The lowest BCUT2D eigenvalue weighted by molar-refractivity contribution is 0.0322. The maximum Gasteiger partial charge on any atom is 0.125 e. The van der Waals surface area contributed by atoms with Crippen molar-refractivity contribution in [3.63, 3.8) is 0 Å². The van der Waals surface area contributed by atoms with Gasteiger partial charge in [-0.25, -0.2) is 0 Å². The van der Waals surface area contributed by atoms with E-state index in [0.29, 0.717) is 6.61 Å². The Bertz CT molecular complexity index is 380. The summed E-state index contributed by atoms with van der Waals surface area (Å²) in [5, 5.41) is 0.769. The van der Waals surface area contributed by atoms with Crippen LogP contribution >= 0.6 is 11.6 Å². The highest BCUT2D eigenvalue weighted by molar-refractivity contribution is 6.30.